The molecule has 0 radical (unpaired) electrons. The summed E-state index contributed by atoms with van der Waals surface area (Å²) in [6.45, 7) is 1.87. The highest BCUT2D eigenvalue weighted by Gasteiger charge is 2.18. The van der Waals surface area contributed by atoms with Gasteiger partial charge in [-0.05, 0) is 42.3 Å². The Morgan fingerprint density at radius 1 is 1.21 bits per heavy atom. The Balaban J connectivity index is 2.21. The van der Waals surface area contributed by atoms with Gasteiger partial charge in [0.2, 0.25) is 0 Å². The summed E-state index contributed by atoms with van der Waals surface area (Å²) in [5.41, 5.74) is 0.651. The monoisotopic (exact) mass is 369 g/mol. The van der Waals surface area contributed by atoms with Gasteiger partial charge in [-0.3, -0.25) is 4.79 Å². The molecule has 0 aliphatic rings. The Kier molecular flexibility index (Phi) is 5.62. The largest absolute Gasteiger partial charge is 0.345 e. The number of nitrogens with one attached hydrogen (secondary N) is 1. The molecular weight excluding hydrogens is 353 g/mol. The van der Waals surface area contributed by atoms with Gasteiger partial charge >= 0.3 is 0 Å². The number of benzene rings is 2. The molecule has 0 saturated carbocycles. The molecule has 0 fully saturated rings. The van der Waals surface area contributed by atoms with E-state index in [2.05, 4.69) is 5.32 Å². The highest BCUT2D eigenvalue weighted by Crippen LogP contribution is 2.21. The van der Waals surface area contributed by atoms with Gasteiger partial charge in [0.15, 0.2) is 9.84 Å². The lowest BCUT2D eigenvalue weighted by atomic mass is 10.0. The number of carbonyl (C=O) groups is 1. The average molecular weight is 370 g/mol. The third-order valence-corrected chi connectivity index (χ3v) is 4.96. The molecule has 1 N–H and O–H groups in total. The van der Waals surface area contributed by atoms with Crippen LogP contribution in [0.3, 0.4) is 0 Å². The molecule has 0 spiro atoms. The quantitative estimate of drug-likeness (QED) is 0.872. The average Bonchev–Trinajstić information content (AvgIpc) is 2.51. The summed E-state index contributed by atoms with van der Waals surface area (Å²) in [6.07, 6.45) is 1.70. The van der Waals surface area contributed by atoms with Gasteiger partial charge in [0.25, 0.3) is 5.91 Å². The fourth-order valence-electron chi connectivity index (χ4n) is 2.28. The molecule has 0 bridgehead atoms. The Bertz CT molecular complexity index is 851. The van der Waals surface area contributed by atoms with E-state index < -0.39 is 21.6 Å². The summed E-state index contributed by atoms with van der Waals surface area (Å²) < 4.78 is 36.8. The van der Waals surface area contributed by atoms with Gasteiger partial charge in [-0.1, -0.05) is 30.7 Å². The van der Waals surface area contributed by atoms with E-state index in [1.807, 2.05) is 6.92 Å². The number of hydrogen-bond acceptors (Lipinski definition) is 3. The van der Waals surface area contributed by atoms with Crippen molar-refractivity contribution in [2.45, 2.75) is 24.3 Å². The van der Waals surface area contributed by atoms with Crippen molar-refractivity contribution in [2.24, 2.45) is 0 Å². The van der Waals surface area contributed by atoms with Crippen LogP contribution in [-0.4, -0.2) is 20.6 Å². The molecule has 0 aliphatic heterocycles. The van der Waals surface area contributed by atoms with Gasteiger partial charge in [-0.15, -0.1) is 0 Å². The summed E-state index contributed by atoms with van der Waals surface area (Å²) in [5.74, 6) is -1.24. The topological polar surface area (TPSA) is 63.2 Å². The maximum Gasteiger partial charge on any atom is 0.254 e. The first kappa shape index (κ1) is 18.4. The van der Waals surface area contributed by atoms with Crippen molar-refractivity contribution < 1.29 is 17.6 Å². The van der Waals surface area contributed by atoms with Crippen LogP contribution in [0.4, 0.5) is 4.39 Å². The molecule has 7 heteroatoms. The lowest BCUT2D eigenvalue weighted by molar-refractivity contribution is 0.0931. The highest BCUT2D eigenvalue weighted by molar-refractivity contribution is 7.90. The fraction of sp³-hybridized carbons (Fsp3) is 0.235. The zero-order valence-electron chi connectivity index (χ0n) is 13.2. The minimum absolute atomic E-state index is 0.0920. The summed E-state index contributed by atoms with van der Waals surface area (Å²) in [6, 6.07) is 9.75. The van der Waals surface area contributed by atoms with Crippen molar-refractivity contribution in [2.75, 3.05) is 6.26 Å². The van der Waals surface area contributed by atoms with Crippen molar-refractivity contribution in [3.8, 4) is 0 Å². The van der Waals surface area contributed by atoms with E-state index in [0.717, 1.165) is 17.9 Å². The molecule has 0 heterocycles. The fourth-order valence-corrected chi connectivity index (χ4v) is 3.07. The first-order chi connectivity index (χ1) is 11.2. The van der Waals surface area contributed by atoms with E-state index in [9.17, 15) is 17.6 Å². The van der Waals surface area contributed by atoms with Crippen LogP contribution in [0.25, 0.3) is 0 Å². The van der Waals surface area contributed by atoms with E-state index in [0.29, 0.717) is 6.42 Å². The molecule has 1 atom stereocenters. The molecule has 24 heavy (non-hydrogen) atoms. The number of rotatable bonds is 5. The van der Waals surface area contributed by atoms with Crippen LogP contribution in [0.5, 0.6) is 0 Å². The van der Waals surface area contributed by atoms with E-state index >= 15 is 0 Å². The minimum atomic E-state index is -3.28. The first-order valence-corrected chi connectivity index (χ1v) is 9.55. The molecule has 2 aromatic carbocycles. The molecule has 4 nitrogen and oxygen atoms in total. The lowest BCUT2D eigenvalue weighted by Gasteiger charge is -2.18. The predicted molar refractivity (Wildman–Crippen MR) is 91.5 cm³/mol. The van der Waals surface area contributed by atoms with Crippen molar-refractivity contribution >= 4 is 27.3 Å². The number of carbonyl (C=O) groups excluding carboxylic acids is 1. The first-order valence-electron chi connectivity index (χ1n) is 7.28. The Hall–Kier alpha value is -1.92. The Morgan fingerprint density at radius 3 is 2.33 bits per heavy atom. The van der Waals surface area contributed by atoms with Gasteiger partial charge in [0.1, 0.15) is 5.82 Å². The summed E-state index contributed by atoms with van der Waals surface area (Å²) in [5, 5.41) is 2.96. The van der Waals surface area contributed by atoms with E-state index in [1.54, 1.807) is 12.1 Å². The smallest absolute Gasteiger partial charge is 0.254 e. The molecule has 2 rings (SSSR count). The standard InChI is InChI=1S/C17H17ClFNO3S/c1-3-16(11-4-7-13(8-5-11)24(2,22)23)20-17(21)14-9-6-12(18)10-15(14)19/h4-10,16H,3H2,1-2H3,(H,20,21)/t16-/m1/s1. The van der Waals surface area contributed by atoms with E-state index in [4.69, 9.17) is 11.6 Å². The molecule has 2 aromatic rings. The lowest BCUT2D eigenvalue weighted by Crippen LogP contribution is -2.28. The van der Waals surface area contributed by atoms with Crippen LogP contribution in [-0.2, 0) is 9.84 Å². The molecule has 1 amide bonds. The second kappa shape index (κ2) is 7.32. The van der Waals surface area contributed by atoms with Crippen molar-refractivity contribution in [1.29, 1.82) is 0 Å². The van der Waals surface area contributed by atoms with Gasteiger partial charge in [0, 0.05) is 11.3 Å². The number of hydrogen-bond donors (Lipinski definition) is 1. The molecular formula is C17H17ClFNO3S. The summed E-state index contributed by atoms with van der Waals surface area (Å²) >= 11 is 5.68. The van der Waals surface area contributed by atoms with E-state index in [1.165, 1.54) is 24.3 Å². The zero-order chi connectivity index (χ0) is 17.9. The maximum absolute atomic E-state index is 13.8. The maximum atomic E-state index is 13.8. The van der Waals surface area contributed by atoms with Crippen molar-refractivity contribution in [1.82, 2.24) is 5.32 Å². The Labute approximate surface area is 145 Å². The molecule has 0 aromatic heterocycles. The van der Waals surface area contributed by atoms with Crippen LogP contribution in [0, 0.1) is 5.82 Å². The summed E-state index contributed by atoms with van der Waals surface area (Å²) in [4.78, 5) is 12.5. The zero-order valence-corrected chi connectivity index (χ0v) is 14.8. The van der Waals surface area contributed by atoms with Gasteiger partial charge in [-0.2, -0.15) is 0 Å². The van der Waals surface area contributed by atoms with E-state index in [-0.39, 0.29) is 21.5 Å². The van der Waals surface area contributed by atoms with Crippen LogP contribution >= 0.6 is 11.6 Å². The number of amides is 1. The van der Waals surface area contributed by atoms with Crippen molar-refractivity contribution in [3.63, 3.8) is 0 Å². The second-order valence-electron chi connectivity index (χ2n) is 5.40. The molecule has 0 aliphatic carbocycles. The predicted octanol–water partition coefficient (Wildman–Crippen LogP) is 3.76. The SMILES string of the molecule is CC[C@@H](NC(=O)c1ccc(Cl)cc1F)c1ccc(S(C)(=O)=O)cc1. The molecule has 0 saturated heterocycles. The normalized spacial score (nSPS) is 12.7. The Morgan fingerprint density at radius 2 is 1.83 bits per heavy atom. The van der Waals surface area contributed by atoms with Gasteiger partial charge in [-0.25, -0.2) is 12.8 Å². The third-order valence-electron chi connectivity index (χ3n) is 3.60. The highest BCUT2D eigenvalue weighted by atomic mass is 35.5. The van der Waals surface area contributed by atoms with Crippen LogP contribution in [0.2, 0.25) is 5.02 Å². The van der Waals surface area contributed by atoms with Crippen LogP contribution < -0.4 is 5.32 Å². The van der Waals surface area contributed by atoms with Crippen LogP contribution in [0.1, 0.15) is 35.3 Å². The minimum Gasteiger partial charge on any atom is -0.345 e. The number of sulfone groups is 1. The van der Waals surface area contributed by atoms with Gasteiger partial charge < -0.3 is 5.32 Å². The van der Waals surface area contributed by atoms with Crippen molar-refractivity contribution in [3.05, 3.63) is 64.4 Å². The van der Waals surface area contributed by atoms with Gasteiger partial charge in [0.05, 0.1) is 16.5 Å². The molecule has 128 valence electrons. The second-order valence-corrected chi connectivity index (χ2v) is 7.85. The summed E-state index contributed by atoms with van der Waals surface area (Å²) in [7, 11) is -3.28. The number of halogens is 2. The third kappa shape index (κ3) is 4.33. The molecule has 0 unspecified atom stereocenters. The van der Waals surface area contributed by atoms with Crippen LogP contribution in [0.15, 0.2) is 47.4 Å².